The Labute approximate surface area is 115 Å². The topological polar surface area (TPSA) is 101 Å². The quantitative estimate of drug-likeness (QED) is 0.835. The summed E-state index contributed by atoms with van der Waals surface area (Å²) < 4.78 is 1.77. The predicted molar refractivity (Wildman–Crippen MR) is 72.9 cm³/mol. The number of rotatable bonds is 2. The van der Waals surface area contributed by atoms with Crippen LogP contribution in [0.5, 0.6) is 0 Å². The van der Waals surface area contributed by atoms with Gasteiger partial charge < -0.3 is 5.32 Å². The van der Waals surface area contributed by atoms with Gasteiger partial charge in [-0.3, -0.25) is 4.68 Å². The Hall–Kier alpha value is -3.30. The van der Waals surface area contributed by atoms with Crippen LogP contribution in [-0.2, 0) is 7.05 Å². The molecule has 2 rings (SSSR count). The van der Waals surface area contributed by atoms with Crippen molar-refractivity contribution < 1.29 is 0 Å². The highest BCUT2D eigenvalue weighted by Crippen LogP contribution is 2.22. The molecule has 0 aliphatic carbocycles. The third-order valence-corrected chi connectivity index (χ3v) is 2.99. The van der Waals surface area contributed by atoms with Crippen molar-refractivity contribution in [1.82, 2.24) is 9.78 Å². The van der Waals surface area contributed by atoms with Crippen LogP contribution in [0.15, 0.2) is 29.5 Å². The highest BCUT2D eigenvalue weighted by atomic mass is 15.3. The molecular formula is C14H10N6. The number of hydrogen-bond acceptors (Lipinski definition) is 5. The minimum Gasteiger partial charge on any atom is -0.345 e. The van der Waals surface area contributed by atoms with Crippen LogP contribution in [0.2, 0.25) is 0 Å². The van der Waals surface area contributed by atoms with E-state index in [0.29, 0.717) is 5.69 Å². The largest absolute Gasteiger partial charge is 0.345 e. The fourth-order valence-electron chi connectivity index (χ4n) is 1.84. The van der Waals surface area contributed by atoms with E-state index in [-0.39, 0.29) is 11.3 Å². The fourth-order valence-corrected chi connectivity index (χ4v) is 1.84. The molecule has 0 unspecified atom stereocenters. The smallest absolute Gasteiger partial charge is 0.163 e. The van der Waals surface area contributed by atoms with E-state index in [4.69, 9.17) is 15.8 Å². The zero-order valence-corrected chi connectivity index (χ0v) is 11.0. The van der Waals surface area contributed by atoms with E-state index in [0.717, 1.165) is 16.6 Å². The molecule has 1 aromatic heterocycles. The molecule has 0 bridgehead atoms. The molecule has 0 atom stereocenters. The molecule has 2 aromatic rings. The molecule has 1 aromatic carbocycles. The summed E-state index contributed by atoms with van der Waals surface area (Å²) in [5.74, 6) is 0. The molecule has 6 nitrogen and oxygen atoms in total. The first-order valence-electron chi connectivity index (χ1n) is 5.75. The van der Waals surface area contributed by atoms with Gasteiger partial charge in [-0.15, -0.1) is 0 Å². The number of hydrogen-bond donors (Lipinski definition) is 1. The lowest BCUT2D eigenvalue weighted by Crippen LogP contribution is -2.00. The van der Waals surface area contributed by atoms with E-state index in [1.54, 1.807) is 29.0 Å². The van der Waals surface area contributed by atoms with Crippen LogP contribution in [0.25, 0.3) is 10.9 Å². The van der Waals surface area contributed by atoms with E-state index in [9.17, 15) is 0 Å². The second-order valence-corrected chi connectivity index (χ2v) is 4.15. The lowest BCUT2D eigenvalue weighted by Gasteiger charge is -2.04. The minimum absolute atomic E-state index is 0.0676. The summed E-state index contributed by atoms with van der Waals surface area (Å²) in [5, 5.41) is 34.7. The van der Waals surface area contributed by atoms with E-state index in [2.05, 4.69) is 10.4 Å². The SMILES string of the molecule is Cc1c2ccc(NC(C#N)=C(C#N)C#N)cc2nn1C. The van der Waals surface area contributed by atoms with E-state index < -0.39 is 0 Å². The second kappa shape index (κ2) is 5.14. The molecule has 0 aliphatic rings. The van der Waals surface area contributed by atoms with E-state index >= 15 is 0 Å². The number of anilines is 1. The van der Waals surface area contributed by atoms with Gasteiger partial charge in [-0.1, -0.05) is 0 Å². The maximum absolute atomic E-state index is 8.99. The Balaban J connectivity index is 2.46. The van der Waals surface area contributed by atoms with Crippen molar-refractivity contribution >= 4 is 16.6 Å². The van der Waals surface area contributed by atoms with Gasteiger partial charge in [0, 0.05) is 23.8 Å². The van der Waals surface area contributed by atoms with Crippen molar-refractivity contribution in [2.75, 3.05) is 5.32 Å². The minimum atomic E-state index is -0.246. The summed E-state index contributed by atoms with van der Waals surface area (Å²) >= 11 is 0. The summed E-state index contributed by atoms with van der Waals surface area (Å²) in [4.78, 5) is 0. The Morgan fingerprint density at radius 2 is 1.90 bits per heavy atom. The Morgan fingerprint density at radius 1 is 1.20 bits per heavy atom. The zero-order valence-electron chi connectivity index (χ0n) is 11.0. The molecule has 0 amide bonds. The molecule has 0 fully saturated rings. The van der Waals surface area contributed by atoms with Crippen molar-refractivity contribution in [2.24, 2.45) is 7.05 Å². The number of allylic oxidation sites excluding steroid dienone is 2. The van der Waals surface area contributed by atoms with Gasteiger partial charge >= 0.3 is 0 Å². The normalized spacial score (nSPS) is 9.35. The van der Waals surface area contributed by atoms with Gasteiger partial charge in [-0.2, -0.15) is 20.9 Å². The number of nitrogens with one attached hydrogen (secondary N) is 1. The second-order valence-electron chi connectivity index (χ2n) is 4.15. The number of nitriles is 3. The molecule has 0 saturated heterocycles. The van der Waals surface area contributed by atoms with Crippen molar-refractivity contribution in [3.05, 3.63) is 35.2 Å². The fraction of sp³-hybridized carbons (Fsp3) is 0.143. The van der Waals surface area contributed by atoms with Crippen molar-refractivity contribution in [2.45, 2.75) is 6.92 Å². The molecule has 96 valence electrons. The van der Waals surface area contributed by atoms with Crippen LogP contribution < -0.4 is 5.32 Å². The molecule has 0 saturated carbocycles. The summed E-state index contributed by atoms with van der Waals surface area (Å²) in [6, 6.07) is 10.6. The standard InChI is InChI=1S/C14H10N6/c1-9-12-4-3-11(5-13(12)19-20(9)2)18-14(8-17)10(6-15)7-16/h3-5,18H,1-2H3. The number of benzene rings is 1. The first-order chi connectivity index (χ1) is 9.60. The Kier molecular flexibility index (Phi) is 3.37. The van der Waals surface area contributed by atoms with E-state index in [1.807, 2.05) is 26.1 Å². The van der Waals surface area contributed by atoms with Crippen molar-refractivity contribution in [3.8, 4) is 18.2 Å². The summed E-state index contributed by atoms with van der Waals surface area (Å²) in [5.41, 5.74) is 2.11. The van der Waals surface area contributed by atoms with Gasteiger partial charge in [0.25, 0.3) is 0 Å². The van der Waals surface area contributed by atoms with Crippen LogP contribution in [-0.4, -0.2) is 9.78 Å². The number of fused-ring (bicyclic) bond motifs is 1. The highest BCUT2D eigenvalue weighted by Gasteiger charge is 2.09. The lowest BCUT2D eigenvalue weighted by atomic mass is 10.2. The highest BCUT2D eigenvalue weighted by molar-refractivity contribution is 5.85. The zero-order chi connectivity index (χ0) is 14.7. The predicted octanol–water partition coefficient (Wildman–Crippen LogP) is 2.12. The Bertz CT molecular complexity index is 819. The van der Waals surface area contributed by atoms with Crippen LogP contribution in [0.1, 0.15) is 5.69 Å². The van der Waals surface area contributed by atoms with Gasteiger partial charge in [-0.05, 0) is 25.1 Å². The van der Waals surface area contributed by atoms with E-state index in [1.165, 1.54) is 0 Å². The van der Waals surface area contributed by atoms with Crippen molar-refractivity contribution in [1.29, 1.82) is 15.8 Å². The Morgan fingerprint density at radius 3 is 2.50 bits per heavy atom. The monoisotopic (exact) mass is 262 g/mol. The molecule has 0 aliphatic heterocycles. The molecule has 0 spiro atoms. The number of aryl methyl sites for hydroxylation is 2. The van der Waals surface area contributed by atoms with Gasteiger partial charge in [0.05, 0.1) is 5.52 Å². The first kappa shape index (κ1) is 13.1. The number of aromatic nitrogens is 2. The molecule has 1 heterocycles. The maximum atomic E-state index is 8.99. The van der Waals surface area contributed by atoms with Crippen LogP contribution in [0.3, 0.4) is 0 Å². The van der Waals surface area contributed by atoms with Gasteiger partial charge in [-0.25, -0.2) is 0 Å². The number of nitrogens with zero attached hydrogens (tertiary/aromatic N) is 5. The van der Waals surface area contributed by atoms with Gasteiger partial charge in [0.2, 0.25) is 0 Å². The molecule has 20 heavy (non-hydrogen) atoms. The third-order valence-electron chi connectivity index (χ3n) is 2.99. The molecule has 0 radical (unpaired) electrons. The molecular weight excluding hydrogens is 252 g/mol. The molecule has 6 heteroatoms. The van der Waals surface area contributed by atoms with Gasteiger partial charge in [0.15, 0.2) is 5.57 Å². The average molecular weight is 262 g/mol. The summed E-state index contributed by atoms with van der Waals surface area (Å²) in [6.45, 7) is 1.96. The summed E-state index contributed by atoms with van der Waals surface area (Å²) in [7, 11) is 1.85. The molecule has 1 N–H and O–H groups in total. The van der Waals surface area contributed by atoms with Crippen LogP contribution >= 0.6 is 0 Å². The van der Waals surface area contributed by atoms with Crippen LogP contribution in [0, 0.1) is 40.9 Å². The maximum Gasteiger partial charge on any atom is 0.163 e. The van der Waals surface area contributed by atoms with Crippen molar-refractivity contribution in [3.63, 3.8) is 0 Å². The first-order valence-corrected chi connectivity index (χ1v) is 5.75. The summed E-state index contributed by atoms with van der Waals surface area (Å²) in [6.07, 6.45) is 0. The lowest BCUT2D eigenvalue weighted by molar-refractivity contribution is 0.751. The van der Waals surface area contributed by atoms with Gasteiger partial charge in [0.1, 0.15) is 23.9 Å². The third kappa shape index (κ3) is 2.16. The average Bonchev–Trinajstić information content (AvgIpc) is 2.73. The van der Waals surface area contributed by atoms with Crippen LogP contribution in [0.4, 0.5) is 5.69 Å².